The second kappa shape index (κ2) is 15.9. The minimum absolute atomic E-state index is 0. The van der Waals surface area contributed by atoms with Gasteiger partial charge in [-0.15, -0.1) is 34.2 Å². The molecule has 1 heterocycles. The van der Waals surface area contributed by atoms with E-state index in [4.69, 9.17) is 9.73 Å². The number of rotatable bonds is 13. The Balaban J connectivity index is 0.00000450. The molecule has 2 rings (SSSR count). The summed E-state index contributed by atoms with van der Waals surface area (Å²) >= 11 is 0. The Kier molecular flexibility index (Phi) is 13.9. The predicted octanol–water partition coefficient (Wildman–Crippen LogP) is 3.83. The molecule has 2 N–H and O–H groups in total. The average Bonchev–Trinajstić information content (AvgIpc) is 3.21. The first-order valence-corrected chi connectivity index (χ1v) is 10.8. The van der Waals surface area contributed by atoms with Crippen LogP contribution in [0, 0.1) is 0 Å². The molecule has 0 aliphatic heterocycles. The molecule has 0 aliphatic carbocycles. The third-order valence-electron chi connectivity index (χ3n) is 4.80. The maximum atomic E-state index is 5.22. The van der Waals surface area contributed by atoms with Crippen LogP contribution >= 0.6 is 24.0 Å². The van der Waals surface area contributed by atoms with E-state index in [-0.39, 0.29) is 24.0 Å². The largest absolute Gasteiger partial charge is 0.497 e. The summed E-state index contributed by atoms with van der Waals surface area (Å²) in [6.45, 7) is 7.62. The van der Waals surface area contributed by atoms with Crippen molar-refractivity contribution in [2.45, 2.75) is 58.9 Å². The van der Waals surface area contributed by atoms with Crippen molar-refractivity contribution in [1.82, 2.24) is 25.4 Å². The van der Waals surface area contributed by atoms with Gasteiger partial charge >= 0.3 is 0 Å². The van der Waals surface area contributed by atoms with Crippen molar-refractivity contribution in [2.24, 2.45) is 4.99 Å². The third kappa shape index (κ3) is 9.77. The number of benzene rings is 1. The highest BCUT2D eigenvalue weighted by Crippen LogP contribution is 2.11. The van der Waals surface area contributed by atoms with Crippen LogP contribution in [-0.2, 0) is 19.4 Å². The van der Waals surface area contributed by atoms with Crippen molar-refractivity contribution in [3.8, 4) is 5.75 Å². The number of aliphatic imine (C=N–C) groups is 1. The molecule has 1 aromatic carbocycles. The molecule has 2 aromatic rings. The Morgan fingerprint density at radius 3 is 2.53 bits per heavy atom. The number of unbranched alkanes of at least 4 members (excludes halogenated alkanes) is 3. The fraction of sp³-hybridized carbons (Fsp3) is 0.591. The van der Waals surface area contributed by atoms with Crippen LogP contribution in [0.4, 0.5) is 0 Å². The number of halogens is 1. The molecule has 0 bridgehead atoms. The quantitative estimate of drug-likeness (QED) is 0.179. The van der Waals surface area contributed by atoms with Crippen molar-refractivity contribution < 1.29 is 4.74 Å². The van der Waals surface area contributed by atoms with Crippen LogP contribution in [0.15, 0.2) is 35.6 Å². The molecule has 0 amide bonds. The summed E-state index contributed by atoms with van der Waals surface area (Å²) in [5.74, 6) is 2.77. The second-order valence-corrected chi connectivity index (χ2v) is 7.04. The summed E-state index contributed by atoms with van der Waals surface area (Å²) in [6, 6.07) is 8.21. The van der Waals surface area contributed by atoms with Crippen LogP contribution in [0.25, 0.3) is 0 Å². The zero-order valence-electron chi connectivity index (χ0n) is 18.6. The SMILES string of the molecule is CCCCCCN=C(NCCc1ccc(OC)cc1)NCCn1cnnc1CC.I. The van der Waals surface area contributed by atoms with E-state index < -0.39 is 0 Å². The van der Waals surface area contributed by atoms with E-state index in [1.165, 1.54) is 24.8 Å². The van der Waals surface area contributed by atoms with Gasteiger partial charge in [-0.05, 0) is 30.5 Å². The van der Waals surface area contributed by atoms with Gasteiger partial charge in [-0.2, -0.15) is 0 Å². The lowest BCUT2D eigenvalue weighted by molar-refractivity contribution is 0.414. The molecule has 0 fully saturated rings. The molecule has 0 atom stereocenters. The summed E-state index contributed by atoms with van der Waals surface area (Å²) in [5.41, 5.74) is 1.28. The normalized spacial score (nSPS) is 11.1. The fourth-order valence-corrected chi connectivity index (χ4v) is 3.06. The molecule has 1 aromatic heterocycles. The molecule has 0 saturated heterocycles. The topological polar surface area (TPSA) is 76.4 Å². The highest BCUT2D eigenvalue weighted by Gasteiger charge is 2.03. The summed E-state index contributed by atoms with van der Waals surface area (Å²) < 4.78 is 7.31. The summed E-state index contributed by atoms with van der Waals surface area (Å²) in [5, 5.41) is 15.0. The molecule has 0 aliphatic rings. The molecule has 30 heavy (non-hydrogen) atoms. The number of guanidine groups is 1. The van der Waals surface area contributed by atoms with Gasteiger partial charge in [-0.1, -0.05) is 45.2 Å². The number of nitrogens with zero attached hydrogens (tertiary/aromatic N) is 4. The van der Waals surface area contributed by atoms with Gasteiger partial charge in [0.2, 0.25) is 0 Å². The predicted molar refractivity (Wildman–Crippen MR) is 134 cm³/mol. The summed E-state index contributed by atoms with van der Waals surface area (Å²) in [7, 11) is 1.69. The molecule has 0 spiro atoms. The van der Waals surface area contributed by atoms with Gasteiger partial charge in [-0.25, -0.2) is 0 Å². The van der Waals surface area contributed by atoms with E-state index >= 15 is 0 Å². The Morgan fingerprint density at radius 2 is 1.83 bits per heavy atom. The molecular weight excluding hydrogens is 491 g/mol. The van der Waals surface area contributed by atoms with Crippen LogP contribution in [-0.4, -0.2) is 47.5 Å². The van der Waals surface area contributed by atoms with E-state index in [9.17, 15) is 0 Å². The van der Waals surface area contributed by atoms with Gasteiger partial charge in [0.05, 0.1) is 7.11 Å². The smallest absolute Gasteiger partial charge is 0.191 e. The zero-order valence-corrected chi connectivity index (χ0v) is 20.9. The Hall–Kier alpha value is -1.84. The van der Waals surface area contributed by atoms with Crippen LogP contribution in [0.1, 0.15) is 50.9 Å². The first-order chi connectivity index (χ1) is 14.3. The lowest BCUT2D eigenvalue weighted by Gasteiger charge is -2.14. The minimum atomic E-state index is 0. The third-order valence-corrected chi connectivity index (χ3v) is 4.80. The van der Waals surface area contributed by atoms with Gasteiger partial charge < -0.3 is 19.9 Å². The Bertz CT molecular complexity index is 717. The highest BCUT2D eigenvalue weighted by atomic mass is 127. The number of methoxy groups -OCH3 is 1. The van der Waals surface area contributed by atoms with Crippen molar-refractivity contribution in [2.75, 3.05) is 26.7 Å². The number of hydrogen-bond donors (Lipinski definition) is 2. The molecule has 7 nitrogen and oxygen atoms in total. The first-order valence-electron chi connectivity index (χ1n) is 10.8. The highest BCUT2D eigenvalue weighted by molar-refractivity contribution is 14.0. The number of hydrogen-bond acceptors (Lipinski definition) is 4. The number of nitrogens with one attached hydrogen (secondary N) is 2. The number of ether oxygens (including phenoxy) is 1. The van der Waals surface area contributed by atoms with Gasteiger partial charge in [0.25, 0.3) is 0 Å². The molecule has 168 valence electrons. The summed E-state index contributed by atoms with van der Waals surface area (Å²) in [4.78, 5) is 4.75. The fourth-order valence-electron chi connectivity index (χ4n) is 3.06. The van der Waals surface area contributed by atoms with Crippen molar-refractivity contribution in [3.63, 3.8) is 0 Å². The van der Waals surface area contributed by atoms with E-state index in [1.807, 2.05) is 12.1 Å². The molecule has 0 saturated carbocycles. The lowest BCUT2D eigenvalue weighted by Crippen LogP contribution is -2.40. The van der Waals surface area contributed by atoms with Gasteiger partial charge in [-0.3, -0.25) is 4.99 Å². The van der Waals surface area contributed by atoms with E-state index in [2.05, 4.69) is 51.4 Å². The van der Waals surface area contributed by atoms with Gasteiger partial charge in [0.1, 0.15) is 17.9 Å². The second-order valence-electron chi connectivity index (χ2n) is 7.04. The van der Waals surface area contributed by atoms with Crippen LogP contribution in [0.3, 0.4) is 0 Å². The molecule has 8 heteroatoms. The molecular formula is C22H37IN6O. The van der Waals surface area contributed by atoms with E-state index in [1.54, 1.807) is 13.4 Å². The molecule has 0 unspecified atom stereocenters. The van der Waals surface area contributed by atoms with Gasteiger partial charge in [0.15, 0.2) is 5.96 Å². The number of aryl methyl sites for hydroxylation is 1. The Labute approximate surface area is 198 Å². The van der Waals surface area contributed by atoms with Crippen LogP contribution in [0.5, 0.6) is 5.75 Å². The lowest BCUT2D eigenvalue weighted by atomic mass is 10.1. The summed E-state index contributed by atoms with van der Waals surface area (Å²) in [6.07, 6.45) is 8.50. The zero-order chi connectivity index (χ0) is 20.7. The van der Waals surface area contributed by atoms with Crippen molar-refractivity contribution in [1.29, 1.82) is 0 Å². The monoisotopic (exact) mass is 528 g/mol. The van der Waals surface area contributed by atoms with E-state index in [0.717, 1.165) is 63.0 Å². The number of aromatic nitrogens is 3. The standard InChI is InChI=1S/C22H36N6O.HI/c1-4-6-7-8-14-23-22(25-16-17-28-18-26-27-21(28)5-2)24-15-13-19-9-11-20(29-3)12-10-19;/h9-12,18H,4-8,13-17H2,1-3H3,(H2,23,24,25);1H. The maximum Gasteiger partial charge on any atom is 0.191 e. The maximum absolute atomic E-state index is 5.22. The van der Waals surface area contributed by atoms with Crippen molar-refractivity contribution in [3.05, 3.63) is 42.0 Å². The average molecular weight is 528 g/mol. The molecule has 0 radical (unpaired) electrons. The minimum Gasteiger partial charge on any atom is -0.497 e. The van der Waals surface area contributed by atoms with Crippen molar-refractivity contribution >= 4 is 29.9 Å². The van der Waals surface area contributed by atoms with Gasteiger partial charge in [0, 0.05) is 32.6 Å². The Morgan fingerprint density at radius 1 is 1.07 bits per heavy atom. The first kappa shape index (κ1) is 26.2. The van der Waals surface area contributed by atoms with Crippen LogP contribution < -0.4 is 15.4 Å². The van der Waals surface area contributed by atoms with Crippen LogP contribution in [0.2, 0.25) is 0 Å². The van der Waals surface area contributed by atoms with E-state index in [0.29, 0.717) is 0 Å².